The number of carbonyl (C=O) groups is 1. The molecule has 0 bridgehead atoms. The number of rotatable bonds is 5. The number of nitrogens with zero attached hydrogens (tertiary/aromatic N) is 4. The summed E-state index contributed by atoms with van der Waals surface area (Å²) in [6.07, 6.45) is 5.49. The van der Waals surface area contributed by atoms with E-state index in [1.165, 1.54) is 0 Å². The molecule has 1 fully saturated rings. The number of nitrogens with one attached hydrogen (secondary N) is 1. The summed E-state index contributed by atoms with van der Waals surface area (Å²) in [5.41, 5.74) is 0.973. The average Bonchev–Trinajstić information content (AvgIpc) is 3.14. The second-order valence-corrected chi connectivity index (χ2v) is 6.03. The van der Waals surface area contributed by atoms with Gasteiger partial charge in [-0.25, -0.2) is 4.98 Å². The fourth-order valence-corrected chi connectivity index (χ4v) is 2.70. The first-order chi connectivity index (χ1) is 11.6. The zero-order chi connectivity index (χ0) is 16.9. The lowest BCUT2D eigenvalue weighted by Crippen LogP contribution is -2.41. The van der Waals surface area contributed by atoms with Gasteiger partial charge in [-0.2, -0.15) is 5.10 Å². The van der Waals surface area contributed by atoms with Gasteiger partial charge >= 0.3 is 0 Å². The molecule has 0 aliphatic carbocycles. The topological polar surface area (TPSA) is 72.3 Å². The van der Waals surface area contributed by atoms with Gasteiger partial charge in [-0.15, -0.1) is 0 Å². The van der Waals surface area contributed by atoms with Crippen LogP contribution in [0.25, 0.3) is 0 Å². The van der Waals surface area contributed by atoms with Crippen molar-refractivity contribution in [3.8, 4) is 0 Å². The van der Waals surface area contributed by atoms with Gasteiger partial charge in [0.1, 0.15) is 11.9 Å². The molecule has 1 aliphatic rings. The lowest BCUT2D eigenvalue weighted by Gasteiger charge is -2.32. The number of anilines is 1. The molecule has 1 aliphatic heterocycles. The highest BCUT2D eigenvalue weighted by atomic mass is 16.5. The highest BCUT2D eigenvalue weighted by Crippen LogP contribution is 2.15. The van der Waals surface area contributed by atoms with E-state index in [-0.39, 0.29) is 18.1 Å². The fraction of sp³-hybridized carbons (Fsp3) is 0.471. The largest absolute Gasteiger partial charge is 0.375 e. The zero-order valence-corrected chi connectivity index (χ0v) is 14.1. The Hall–Kier alpha value is -2.41. The van der Waals surface area contributed by atoms with Crippen LogP contribution in [0, 0.1) is 0 Å². The summed E-state index contributed by atoms with van der Waals surface area (Å²) in [5, 5.41) is 7.01. The van der Waals surface area contributed by atoms with Crippen molar-refractivity contribution in [2.75, 3.05) is 24.6 Å². The molecule has 0 aromatic carbocycles. The summed E-state index contributed by atoms with van der Waals surface area (Å²) in [7, 11) is 0. The molecule has 2 aromatic rings. The molecule has 0 spiro atoms. The van der Waals surface area contributed by atoms with Crippen molar-refractivity contribution in [2.24, 2.45) is 0 Å². The minimum Gasteiger partial charge on any atom is -0.375 e. The number of amides is 1. The minimum absolute atomic E-state index is 0.0650. The van der Waals surface area contributed by atoms with Crippen LogP contribution in [0.1, 0.15) is 25.5 Å². The summed E-state index contributed by atoms with van der Waals surface area (Å²) in [6, 6.07) is 5.47. The third-order valence-corrected chi connectivity index (χ3v) is 4.14. The maximum atomic E-state index is 12.2. The summed E-state index contributed by atoms with van der Waals surface area (Å²) in [6.45, 7) is 6.78. The molecule has 128 valence electrons. The van der Waals surface area contributed by atoms with E-state index in [4.69, 9.17) is 4.74 Å². The van der Waals surface area contributed by atoms with Crippen molar-refractivity contribution < 1.29 is 9.53 Å². The highest BCUT2D eigenvalue weighted by Gasteiger charge is 2.18. The number of hydrogen-bond donors (Lipinski definition) is 1. The van der Waals surface area contributed by atoms with Gasteiger partial charge < -0.3 is 15.0 Å². The van der Waals surface area contributed by atoms with Crippen LogP contribution in [-0.2, 0) is 16.1 Å². The number of carbonyl (C=O) groups excluding carboxylic acids is 1. The van der Waals surface area contributed by atoms with E-state index < -0.39 is 0 Å². The predicted octanol–water partition coefficient (Wildman–Crippen LogP) is 1.38. The number of pyridine rings is 1. The Labute approximate surface area is 141 Å². The first kappa shape index (κ1) is 16.4. The maximum absolute atomic E-state index is 12.2. The maximum Gasteiger partial charge on any atom is 0.244 e. The molecule has 0 saturated carbocycles. The predicted molar refractivity (Wildman–Crippen MR) is 90.6 cm³/mol. The molecular weight excluding hydrogens is 306 g/mol. The number of morpholine rings is 1. The Morgan fingerprint density at radius 1 is 1.50 bits per heavy atom. The molecule has 0 unspecified atom stereocenters. The summed E-state index contributed by atoms with van der Waals surface area (Å²) >= 11 is 0. The van der Waals surface area contributed by atoms with E-state index in [0.717, 1.165) is 31.1 Å². The molecule has 0 radical (unpaired) electrons. The van der Waals surface area contributed by atoms with Crippen LogP contribution in [0.15, 0.2) is 36.8 Å². The van der Waals surface area contributed by atoms with E-state index in [2.05, 4.69) is 27.2 Å². The van der Waals surface area contributed by atoms with Crippen molar-refractivity contribution in [1.29, 1.82) is 0 Å². The van der Waals surface area contributed by atoms with Crippen molar-refractivity contribution in [2.45, 2.75) is 32.5 Å². The van der Waals surface area contributed by atoms with E-state index in [9.17, 15) is 4.79 Å². The summed E-state index contributed by atoms with van der Waals surface area (Å²) in [5.74, 6) is 0.884. The molecule has 24 heavy (non-hydrogen) atoms. The minimum atomic E-state index is -0.331. The smallest absolute Gasteiger partial charge is 0.244 e. The van der Waals surface area contributed by atoms with Crippen LogP contribution < -0.4 is 10.2 Å². The van der Waals surface area contributed by atoms with E-state index in [0.29, 0.717) is 6.54 Å². The molecular formula is C17H23N5O2. The van der Waals surface area contributed by atoms with E-state index in [1.54, 1.807) is 23.1 Å². The van der Waals surface area contributed by atoms with Gasteiger partial charge in [0.25, 0.3) is 0 Å². The Morgan fingerprint density at radius 3 is 3.04 bits per heavy atom. The molecule has 7 nitrogen and oxygen atoms in total. The van der Waals surface area contributed by atoms with Crippen LogP contribution in [0.5, 0.6) is 0 Å². The van der Waals surface area contributed by atoms with Gasteiger partial charge in [-0.3, -0.25) is 9.48 Å². The fourth-order valence-electron chi connectivity index (χ4n) is 2.70. The van der Waals surface area contributed by atoms with Crippen molar-refractivity contribution in [1.82, 2.24) is 20.1 Å². The molecule has 2 aromatic heterocycles. The summed E-state index contributed by atoms with van der Waals surface area (Å²) in [4.78, 5) is 18.9. The molecule has 7 heteroatoms. The number of ether oxygens (including phenoxy) is 1. The second-order valence-electron chi connectivity index (χ2n) is 6.03. The van der Waals surface area contributed by atoms with Gasteiger partial charge in [-0.1, -0.05) is 6.07 Å². The molecule has 3 heterocycles. The van der Waals surface area contributed by atoms with E-state index >= 15 is 0 Å². The van der Waals surface area contributed by atoms with Crippen molar-refractivity contribution in [3.63, 3.8) is 0 Å². The molecule has 1 saturated heterocycles. The quantitative estimate of drug-likeness (QED) is 0.897. The second kappa shape index (κ2) is 7.44. The monoisotopic (exact) mass is 329 g/mol. The standard InChI is InChI=1S/C17H23N5O2/c1-13-12-21(8-9-24-13)16-5-4-15(10-18-16)11-19-17(23)14(2)22-7-3-6-20-22/h3-7,10,13-14H,8-9,11-12H2,1-2H3,(H,19,23)/t13-,14+/m1/s1. The average molecular weight is 329 g/mol. The van der Waals surface area contributed by atoms with Gasteiger partial charge in [-0.05, 0) is 31.5 Å². The van der Waals surface area contributed by atoms with Gasteiger partial charge in [0.15, 0.2) is 0 Å². The lowest BCUT2D eigenvalue weighted by atomic mass is 10.2. The van der Waals surface area contributed by atoms with E-state index in [1.807, 2.05) is 25.3 Å². The van der Waals surface area contributed by atoms with Crippen LogP contribution in [0.3, 0.4) is 0 Å². The SMILES string of the molecule is C[C@@H]1CN(c2ccc(CNC(=O)[C@H](C)n3cccn3)cn2)CCO1. The Morgan fingerprint density at radius 2 is 2.38 bits per heavy atom. The van der Waals surface area contributed by atoms with Crippen molar-refractivity contribution in [3.05, 3.63) is 42.4 Å². The molecule has 3 rings (SSSR count). The zero-order valence-electron chi connectivity index (χ0n) is 14.1. The molecule has 2 atom stereocenters. The first-order valence-electron chi connectivity index (χ1n) is 8.22. The molecule has 1 N–H and O–H groups in total. The number of aromatic nitrogens is 3. The normalized spacial score (nSPS) is 19.1. The Kier molecular flexibility index (Phi) is 5.10. The number of hydrogen-bond acceptors (Lipinski definition) is 5. The van der Waals surface area contributed by atoms with Crippen LogP contribution in [0.4, 0.5) is 5.82 Å². The van der Waals surface area contributed by atoms with Crippen LogP contribution >= 0.6 is 0 Å². The van der Waals surface area contributed by atoms with Gasteiger partial charge in [0.05, 0.1) is 12.7 Å². The van der Waals surface area contributed by atoms with Crippen LogP contribution in [-0.4, -0.2) is 46.5 Å². The highest BCUT2D eigenvalue weighted by molar-refractivity contribution is 5.79. The Bertz CT molecular complexity index is 656. The molecule has 1 amide bonds. The van der Waals surface area contributed by atoms with Crippen LogP contribution in [0.2, 0.25) is 0 Å². The van der Waals surface area contributed by atoms with Gasteiger partial charge in [0, 0.05) is 38.2 Å². The van der Waals surface area contributed by atoms with Crippen molar-refractivity contribution >= 4 is 11.7 Å². The third-order valence-electron chi connectivity index (χ3n) is 4.14. The first-order valence-corrected chi connectivity index (χ1v) is 8.22. The Balaban J connectivity index is 1.53. The van der Waals surface area contributed by atoms with Gasteiger partial charge in [0.2, 0.25) is 5.91 Å². The summed E-state index contributed by atoms with van der Waals surface area (Å²) < 4.78 is 7.18. The lowest BCUT2D eigenvalue weighted by molar-refractivity contribution is -0.124. The third kappa shape index (κ3) is 3.91.